The molecule has 1 aromatic rings. The maximum atomic E-state index is 12.2. The van der Waals surface area contributed by atoms with Gasteiger partial charge in [-0.25, -0.2) is 0 Å². The van der Waals surface area contributed by atoms with Crippen molar-refractivity contribution in [1.82, 2.24) is 9.80 Å². The molecule has 0 aliphatic carbocycles. The number of benzene rings is 1. The second-order valence-electron chi connectivity index (χ2n) is 5.35. The Labute approximate surface area is 124 Å². The Balaban J connectivity index is 2.00. The summed E-state index contributed by atoms with van der Waals surface area (Å²) in [4.78, 5) is 39.0. The number of hydrogen-bond donors (Lipinski definition) is 0. The van der Waals surface area contributed by atoms with E-state index < -0.39 is 0 Å². The molecule has 2 amide bonds. The Morgan fingerprint density at radius 3 is 2.24 bits per heavy atom. The smallest absolute Gasteiger partial charge is 0.243 e. The molecule has 0 radical (unpaired) electrons. The van der Waals surface area contributed by atoms with Crippen LogP contribution in [0, 0.1) is 6.92 Å². The third kappa shape index (κ3) is 3.68. The molecular formula is C16H20N2O3. The van der Waals surface area contributed by atoms with E-state index in [1.165, 1.54) is 4.90 Å². The minimum absolute atomic E-state index is 0.00354. The lowest BCUT2D eigenvalue weighted by Crippen LogP contribution is -2.54. The molecule has 0 aromatic heterocycles. The fourth-order valence-electron chi connectivity index (χ4n) is 2.32. The highest BCUT2D eigenvalue weighted by molar-refractivity contribution is 6.01. The number of amides is 2. The van der Waals surface area contributed by atoms with Crippen molar-refractivity contribution in [1.29, 1.82) is 0 Å². The Hall–Kier alpha value is -2.17. The van der Waals surface area contributed by atoms with Crippen LogP contribution < -0.4 is 0 Å². The van der Waals surface area contributed by atoms with Crippen LogP contribution >= 0.6 is 0 Å². The highest BCUT2D eigenvalue weighted by atomic mass is 16.2. The lowest BCUT2D eigenvalue weighted by molar-refractivity contribution is -0.149. The first-order valence-electron chi connectivity index (χ1n) is 7.16. The van der Waals surface area contributed by atoms with Gasteiger partial charge in [-0.15, -0.1) is 0 Å². The lowest BCUT2D eigenvalue weighted by atomic mass is 10.1. The van der Waals surface area contributed by atoms with Crippen LogP contribution in [0.1, 0.15) is 29.3 Å². The first kappa shape index (κ1) is 15.2. The third-order valence-corrected chi connectivity index (χ3v) is 3.56. The van der Waals surface area contributed by atoms with Crippen LogP contribution in [0.5, 0.6) is 0 Å². The lowest BCUT2D eigenvalue weighted by Gasteiger charge is -2.33. The average Bonchev–Trinajstić information content (AvgIpc) is 2.45. The minimum Gasteiger partial charge on any atom is -0.332 e. The predicted octanol–water partition coefficient (Wildman–Crippen LogP) is 1.26. The maximum Gasteiger partial charge on any atom is 0.243 e. The van der Waals surface area contributed by atoms with Gasteiger partial charge in [-0.3, -0.25) is 14.4 Å². The summed E-state index contributed by atoms with van der Waals surface area (Å²) in [6.45, 7) is 4.54. The summed E-state index contributed by atoms with van der Waals surface area (Å²) in [7, 11) is 0. The van der Waals surface area contributed by atoms with E-state index in [0.717, 1.165) is 12.0 Å². The van der Waals surface area contributed by atoms with Crippen molar-refractivity contribution in [2.45, 2.75) is 20.3 Å². The maximum absolute atomic E-state index is 12.2. The second kappa shape index (κ2) is 6.52. The number of aryl methyl sites for hydroxylation is 1. The van der Waals surface area contributed by atoms with Crippen LogP contribution in [-0.2, 0) is 9.59 Å². The van der Waals surface area contributed by atoms with Gasteiger partial charge in [0, 0.05) is 12.1 Å². The zero-order valence-electron chi connectivity index (χ0n) is 12.5. The molecule has 0 bridgehead atoms. The molecule has 2 rings (SSSR count). The molecule has 0 atom stereocenters. The number of Topliss-reactive ketones (excluding diaryl/α,β-unsaturated/α-hetero) is 1. The van der Waals surface area contributed by atoms with Crippen LogP contribution in [0.4, 0.5) is 0 Å². The van der Waals surface area contributed by atoms with Gasteiger partial charge in [0.25, 0.3) is 0 Å². The number of carbonyl (C=O) groups excluding carboxylic acids is 3. The van der Waals surface area contributed by atoms with E-state index in [1.54, 1.807) is 17.0 Å². The summed E-state index contributed by atoms with van der Waals surface area (Å²) in [5.41, 5.74) is 1.64. The Bertz CT molecular complexity index is 551. The van der Waals surface area contributed by atoms with Gasteiger partial charge < -0.3 is 9.80 Å². The SMILES string of the molecule is CCCN1CC(=O)N(CC(=O)c2ccc(C)cc2)CC1=O. The van der Waals surface area contributed by atoms with E-state index in [4.69, 9.17) is 0 Å². The van der Waals surface area contributed by atoms with Gasteiger partial charge in [0.15, 0.2) is 5.78 Å². The van der Waals surface area contributed by atoms with E-state index in [2.05, 4.69) is 0 Å². The van der Waals surface area contributed by atoms with Gasteiger partial charge in [0.1, 0.15) is 6.54 Å². The Morgan fingerprint density at radius 2 is 1.62 bits per heavy atom. The molecule has 0 spiro atoms. The summed E-state index contributed by atoms with van der Waals surface area (Å²) in [6, 6.07) is 7.22. The standard InChI is InChI=1S/C16H20N2O3/c1-3-8-17-10-16(21)18(11-15(17)20)9-14(19)13-6-4-12(2)5-7-13/h4-7H,3,8-11H2,1-2H3. The van der Waals surface area contributed by atoms with Gasteiger partial charge >= 0.3 is 0 Å². The topological polar surface area (TPSA) is 57.7 Å². The number of rotatable bonds is 5. The molecule has 1 aliphatic rings. The largest absolute Gasteiger partial charge is 0.332 e. The molecule has 1 aromatic carbocycles. The van der Waals surface area contributed by atoms with Crippen LogP contribution in [0.15, 0.2) is 24.3 Å². The highest BCUT2D eigenvalue weighted by Crippen LogP contribution is 2.09. The summed E-state index contributed by atoms with van der Waals surface area (Å²) in [6.07, 6.45) is 0.821. The number of hydrogen-bond acceptors (Lipinski definition) is 3. The minimum atomic E-state index is -0.163. The van der Waals surface area contributed by atoms with Gasteiger partial charge in [-0.1, -0.05) is 36.8 Å². The molecule has 21 heavy (non-hydrogen) atoms. The monoisotopic (exact) mass is 288 g/mol. The molecular weight excluding hydrogens is 268 g/mol. The van der Waals surface area contributed by atoms with Crippen molar-refractivity contribution in [2.75, 3.05) is 26.2 Å². The van der Waals surface area contributed by atoms with Crippen molar-refractivity contribution in [2.24, 2.45) is 0 Å². The number of nitrogens with zero attached hydrogens (tertiary/aromatic N) is 2. The summed E-state index contributed by atoms with van der Waals surface area (Å²) in [5.74, 6) is -0.392. The van der Waals surface area contributed by atoms with Crippen LogP contribution in [-0.4, -0.2) is 53.6 Å². The summed E-state index contributed by atoms with van der Waals surface area (Å²) in [5, 5.41) is 0. The first-order valence-corrected chi connectivity index (χ1v) is 7.16. The highest BCUT2D eigenvalue weighted by Gasteiger charge is 2.30. The van der Waals surface area contributed by atoms with E-state index in [0.29, 0.717) is 12.1 Å². The van der Waals surface area contributed by atoms with Crippen LogP contribution in [0.3, 0.4) is 0 Å². The summed E-state index contributed by atoms with van der Waals surface area (Å²) < 4.78 is 0. The predicted molar refractivity (Wildman–Crippen MR) is 79.0 cm³/mol. The normalized spacial score (nSPS) is 15.5. The molecule has 1 fully saturated rings. The first-order chi connectivity index (χ1) is 10.0. The fourth-order valence-corrected chi connectivity index (χ4v) is 2.32. The van der Waals surface area contributed by atoms with Gasteiger partial charge in [0.05, 0.1) is 13.1 Å². The van der Waals surface area contributed by atoms with Crippen LogP contribution in [0.2, 0.25) is 0 Å². The molecule has 1 heterocycles. The van der Waals surface area contributed by atoms with E-state index >= 15 is 0 Å². The van der Waals surface area contributed by atoms with Crippen molar-refractivity contribution in [3.8, 4) is 0 Å². The Kier molecular flexibility index (Phi) is 4.73. The molecule has 112 valence electrons. The quantitative estimate of drug-likeness (QED) is 0.766. The molecule has 5 heteroatoms. The molecule has 0 unspecified atom stereocenters. The third-order valence-electron chi connectivity index (χ3n) is 3.56. The molecule has 0 N–H and O–H groups in total. The zero-order chi connectivity index (χ0) is 15.4. The van der Waals surface area contributed by atoms with Crippen molar-refractivity contribution >= 4 is 17.6 Å². The number of ketones is 1. The van der Waals surface area contributed by atoms with Crippen molar-refractivity contribution < 1.29 is 14.4 Å². The van der Waals surface area contributed by atoms with E-state index in [9.17, 15) is 14.4 Å². The van der Waals surface area contributed by atoms with Gasteiger partial charge in [0.2, 0.25) is 11.8 Å². The van der Waals surface area contributed by atoms with E-state index in [1.807, 2.05) is 26.0 Å². The zero-order valence-corrected chi connectivity index (χ0v) is 12.5. The second-order valence-corrected chi connectivity index (χ2v) is 5.35. The fraction of sp³-hybridized carbons (Fsp3) is 0.438. The van der Waals surface area contributed by atoms with Gasteiger partial charge in [-0.2, -0.15) is 0 Å². The number of piperazine rings is 1. The summed E-state index contributed by atoms with van der Waals surface area (Å²) >= 11 is 0. The Morgan fingerprint density at radius 1 is 1.05 bits per heavy atom. The molecule has 5 nitrogen and oxygen atoms in total. The molecule has 0 saturated carbocycles. The van der Waals surface area contributed by atoms with Crippen molar-refractivity contribution in [3.63, 3.8) is 0 Å². The number of carbonyl (C=O) groups is 3. The molecule has 1 aliphatic heterocycles. The van der Waals surface area contributed by atoms with E-state index in [-0.39, 0.29) is 37.2 Å². The van der Waals surface area contributed by atoms with Crippen LogP contribution in [0.25, 0.3) is 0 Å². The average molecular weight is 288 g/mol. The van der Waals surface area contributed by atoms with Crippen molar-refractivity contribution in [3.05, 3.63) is 35.4 Å². The van der Waals surface area contributed by atoms with Gasteiger partial charge in [-0.05, 0) is 13.3 Å². The molecule has 1 saturated heterocycles.